The molecule has 0 heterocycles. The molecule has 0 aliphatic carbocycles. The molecule has 4 nitrogen and oxygen atoms in total. The molecule has 2 aromatic rings. The van der Waals surface area contributed by atoms with Crippen molar-refractivity contribution in [2.45, 2.75) is 6.61 Å². The first-order valence-corrected chi connectivity index (χ1v) is 7.63. The Morgan fingerprint density at radius 1 is 0.900 bits per heavy atom. The number of rotatable bonds is 5. The van der Waals surface area contributed by atoms with Crippen LogP contribution in [-0.2, 0) is 21.1 Å². The van der Waals surface area contributed by atoms with Crippen LogP contribution in [0.2, 0.25) is 0 Å². The summed E-state index contributed by atoms with van der Waals surface area (Å²) in [6.45, 7) is 0.0394. The zero-order valence-corrected chi connectivity index (χ0v) is 12.4. The van der Waals surface area contributed by atoms with E-state index in [4.69, 9.17) is 4.18 Å². The minimum Gasteiger partial charge on any atom is -0.221 e. The SMILES string of the molecule is C[N+](C)(c1ccccc1)S(=O)(=O)OCc1ccccc1. The minimum atomic E-state index is -3.77. The molecule has 0 aliphatic heterocycles. The normalized spacial score (nSPS) is 12.3. The summed E-state index contributed by atoms with van der Waals surface area (Å²) in [5, 5.41) is 0. The van der Waals surface area contributed by atoms with Crippen molar-refractivity contribution in [3.63, 3.8) is 0 Å². The summed E-state index contributed by atoms with van der Waals surface area (Å²) in [6, 6.07) is 18.2. The second kappa shape index (κ2) is 5.75. The Balaban J connectivity index is 2.18. The predicted molar refractivity (Wildman–Crippen MR) is 80.2 cm³/mol. The number of nitrogens with zero attached hydrogens (tertiary/aromatic N) is 1. The van der Waals surface area contributed by atoms with E-state index in [2.05, 4.69) is 0 Å². The van der Waals surface area contributed by atoms with E-state index in [9.17, 15) is 8.42 Å². The van der Waals surface area contributed by atoms with Crippen LogP contribution in [0.25, 0.3) is 0 Å². The largest absolute Gasteiger partial charge is 0.440 e. The summed E-state index contributed by atoms with van der Waals surface area (Å²) < 4.78 is 29.6. The van der Waals surface area contributed by atoms with E-state index in [1.165, 1.54) is 0 Å². The lowest BCUT2D eigenvalue weighted by Gasteiger charge is -2.26. The Kier molecular flexibility index (Phi) is 4.23. The molecule has 0 aromatic heterocycles. The number of benzene rings is 2. The highest BCUT2D eigenvalue weighted by Crippen LogP contribution is 2.24. The van der Waals surface area contributed by atoms with Crippen LogP contribution in [0.5, 0.6) is 0 Å². The van der Waals surface area contributed by atoms with E-state index in [1.807, 2.05) is 48.5 Å². The maximum atomic E-state index is 12.4. The topological polar surface area (TPSA) is 43.4 Å². The quantitative estimate of drug-likeness (QED) is 0.796. The summed E-state index contributed by atoms with van der Waals surface area (Å²) >= 11 is 0. The summed E-state index contributed by atoms with van der Waals surface area (Å²) in [7, 11) is -0.588. The predicted octanol–water partition coefficient (Wildman–Crippen LogP) is 2.72. The molecular weight excluding hydrogens is 274 g/mol. The highest BCUT2D eigenvalue weighted by Gasteiger charge is 2.36. The first-order valence-electron chi connectivity index (χ1n) is 6.26. The van der Waals surface area contributed by atoms with E-state index >= 15 is 0 Å². The van der Waals surface area contributed by atoms with E-state index < -0.39 is 10.3 Å². The molecule has 0 atom stereocenters. The van der Waals surface area contributed by atoms with Crippen LogP contribution < -0.4 is 3.89 Å². The van der Waals surface area contributed by atoms with Crippen LogP contribution in [0.3, 0.4) is 0 Å². The average Bonchev–Trinajstić information content (AvgIpc) is 2.47. The number of quaternary nitrogens is 1. The number of para-hydroxylation sites is 1. The maximum Gasteiger partial charge on any atom is 0.440 e. The van der Waals surface area contributed by atoms with Gasteiger partial charge in [-0.05, 0) is 5.56 Å². The van der Waals surface area contributed by atoms with Crippen LogP contribution >= 0.6 is 0 Å². The van der Waals surface area contributed by atoms with E-state index in [1.54, 1.807) is 26.2 Å². The van der Waals surface area contributed by atoms with E-state index in [0.29, 0.717) is 5.69 Å². The molecule has 0 aliphatic rings. The lowest BCUT2D eigenvalue weighted by atomic mass is 10.2. The Bertz CT molecular complexity index is 652. The summed E-state index contributed by atoms with van der Waals surface area (Å²) in [5.41, 5.74) is 1.48. The summed E-state index contributed by atoms with van der Waals surface area (Å²) in [5.74, 6) is 0. The van der Waals surface area contributed by atoms with Crippen molar-refractivity contribution >= 4 is 16.0 Å². The van der Waals surface area contributed by atoms with Gasteiger partial charge in [-0.2, -0.15) is 3.89 Å². The first-order chi connectivity index (χ1) is 9.43. The molecule has 0 bridgehead atoms. The second-order valence-electron chi connectivity index (χ2n) is 4.86. The molecular formula is C15H18NO3S+. The van der Waals surface area contributed by atoms with Gasteiger partial charge in [0.25, 0.3) is 0 Å². The van der Waals surface area contributed by atoms with Crippen LogP contribution in [0.4, 0.5) is 5.69 Å². The molecule has 106 valence electrons. The molecule has 0 fully saturated rings. The van der Waals surface area contributed by atoms with Crippen molar-refractivity contribution in [1.29, 1.82) is 0 Å². The molecule has 20 heavy (non-hydrogen) atoms. The third-order valence-electron chi connectivity index (χ3n) is 3.15. The van der Waals surface area contributed by atoms with Crippen LogP contribution in [0.1, 0.15) is 5.56 Å². The Morgan fingerprint density at radius 3 is 1.95 bits per heavy atom. The van der Waals surface area contributed by atoms with Gasteiger partial charge in [0.05, 0.1) is 20.7 Å². The van der Waals surface area contributed by atoms with Gasteiger partial charge in [-0.3, -0.25) is 0 Å². The van der Waals surface area contributed by atoms with Gasteiger partial charge in [0.2, 0.25) is 0 Å². The first kappa shape index (κ1) is 14.7. The van der Waals surface area contributed by atoms with Crippen molar-refractivity contribution in [3.8, 4) is 0 Å². The lowest BCUT2D eigenvalue weighted by Crippen LogP contribution is -2.47. The number of hydrogen-bond acceptors (Lipinski definition) is 3. The molecule has 0 saturated heterocycles. The van der Waals surface area contributed by atoms with Crippen molar-refractivity contribution in [1.82, 2.24) is 3.89 Å². The van der Waals surface area contributed by atoms with Gasteiger partial charge in [0.15, 0.2) is 0 Å². The third kappa shape index (κ3) is 3.07. The van der Waals surface area contributed by atoms with Gasteiger partial charge in [-0.1, -0.05) is 48.5 Å². The summed E-state index contributed by atoms with van der Waals surface area (Å²) in [4.78, 5) is 0. The molecule has 5 heteroatoms. The molecule has 2 rings (SSSR count). The zero-order chi connectivity index (χ0) is 14.6. The van der Waals surface area contributed by atoms with Crippen LogP contribution in [0.15, 0.2) is 60.7 Å². The van der Waals surface area contributed by atoms with Crippen molar-refractivity contribution < 1.29 is 12.6 Å². The average molecular weight is 292 g/mol. The highest BCUT2D eigenvalue weighted by atomic mass is 32.2. The molecule has 0 saturated carbocycles. The Morgan fingerprint density at radius 2 is 1.40 bits per heavy atom. The maximum absolute atomic E-state index is 12.4. The Labute approximate surface area is 120 Å². The molecule has 0 spiro atoms. The monoisotopic (exact) mass is 292 g/mol. The van der Waals surface area contributed by atoms with Crippen LogP contribution in [-0.4, -0.2) is 22.5 Å². The lowest BCUT2D eigenvalue weighted by molar-refractivity contribution is 0.278. The van der Waals surface area contributed by atoms with Crippen molar-refractivity contribution in [2.75, 3.05) is 14.1 Å². The molecule has 0 N–H and O–H groups in total. The van der Waals surface area contributed by atoms with Gasteiger partial charge >= 0.3 is 10.3 Å². The summed E-state index contributed by atoms with van der Waals surface area (Å²) in [6.07, 6.45) is 0. The van der Waals surface area contributed by atoms with Crippen molar-refractivity contribution in [2.24, 2.45) is 0 Å². The Hall–Kier alpha value is -1.69. The fraction of sp³-hybridized carbons (Fsp3) is 0.200. The molecule has 0 radical (unpaired) electrons. The van der Waals surface area contributed by atoms with Gasteiger partial charge in [0, 0.05) is 12.1 Å². The second-order valence-corrected chi connectivity index (χ2v) is 6.87. The van der Waals surface area contributed by atoms with Gasteiger partial charge < -0.3 is 0 Å². The van der Waals surface area contributed by atoms with Gasteiger partial charge in [-0.15, -0.1) is 8.42 Å². The van der Waals surface area contributed by atoms with Crippen molar-refractivity contribution in [3.05, 3.63) is 66.2 Å². The number of hydrogen-bond donors (Lipinski definition) is 0. The van der Waals surface area contributed by atoms with Crippen LogP contribution in [0, 0.1) is 0 Å². The van der Waals surface area contributed by atoms with Gasteiger partial charge in [0.1, 0.15) is 5.69 Å². The molecule has 0 amide bonds. The molecule has 2 aromatic carbocycles. The molecule has 0 unspecified atom stereocenters. The fourth-order valence-electron chi connectivity index (χ4n) is 1.76. The van der Waals surface area contributed by atoms with Gasteiger partial charge in [-0.25, -0.2) is 4.18 Å². The minimum absolute atomic E-state index is 0.0394. The van der Waals surface area contributed by atoms with E-state index in [0.717, 1.165) is 5.56 Å². The zero-order valence-electron chi connectivity index (χ0n) is 11.6. The fourth-order valence-corrected chi connectivity index (χ4v) is 2.69. The highest BCUT2D eigenvalue weighted by molar-refractivity contribution is 7.86. The smallest absolute Gasteiger partial charge is 0.221 e. The third-order valence-corrected chi connectivity index (χ3v) is 4.90. The standard InChI is InChI=1S/C15H18NO3S/c1-16(2,15-11-7-4-8-12-15)20(17,18)19-13-14-9-5-3-6-10-14/h3-12H,13H2,1-2H3/q+1. The van der Waals surface area contributed by atoms with E-state index in [-0.39, 0.29) is 10.5 Å².